The Bertz CT molecular complexity index is 223. The van der Waals surface area contributed by atoms with Gasteiger partial charge in [-0.25, -0.2) is 0 Å². The number of aliphatic hydroxyl groups is 4. The van der Waals surface area contributed by atoms with Gasteiger partial charge in [0.25, 0.3) is 0 Å². The molecule has 6 heteroatoms. The largest absolute Gasteiger partial charge is 0.394 e. The second-order valence-corrected chi connectivity index (χ2v) is 4.63. The molecule has 4 N–H and O–H groups in total. The van der Waals surface area contributed by atoms with E-state index in [4.69, 9.17) is 14.6 Å². The highest BCUT2D eigenvalue weighted by molar-refractivity contribution is 4.88. The van der Waals surface area contributed by atoms with Gasteiger partial charge >= 0.3 is 0 Å². The maximum absolute atomic E-state index is 9.68. The van der Waals surface area contributed by atoms with Crippen LogP contribution < -0.4 is 0 Å². The molecule has 0 unspecified atom stereocenters. The second kappa shape index (κ2) is 8.04. The van der Waals surface area contributed by atoms with Crippen molar-refractivity contribution in [2.45, 2.75) is 63.3 Å². The molecule has 1 saturated heterocycles. The lowest BCUT2D eigenvalue weighted by molar-refractivity contribution is -0.301. The monoisotopic (exact) mass is 264 g/mol. The molecule has 108 valence electrons. The second-order valence-electron chi connectivity index (χ2n) is 4.63. The summed E-state index contributed by atoms with van der Waals surface area (Å²) in [6.07, 6.45) is -1.75. The normalized spacial score (nSPS) is 36.8. The van der Waals surface area contributed by atoms with E-state index in [9.17, 15) is 15.3 Å². The highest BCUT2D eigenvalue weighted by Gasteiger charge is 2.43. The van der Waals surface area contributed by atoms with Gasteiger partial charge in [0.05, 0.1) is 6.61 Å². The Morgan fingerprint density at radius 3 is 2.33 bits per heavy atom. The van der Waals surface area contributed by atoms with Crippen molar-refractivity contribution in [2.75, 3.05) is 13.2 Å². The van der Waals surface area contributed by atoms with Crippen LogP contribution in [-0.2, 0) is 9.47 Å². The third kappa shape index (κ3) is 4.15. The average Bonchev–Trinajstić information content (AvgIpc) is 2.38. The van der Waals surface area contributed by atoms with Crippen molar-refractivity contribution < 1.29 is 29.9 Å². The quantitative estimate of drug-likeness (QED) is 0.458. The fourth-order valence-corrected chi connectivity index (χ4v) is 1.93. The van der Waals surface area contributed by atoms with Crippen LogP contribution in [0.4, 0.5) is 0 Å². The summed E-state index contributed by atoms with van der Waals surface area (Å²) in [7, 11) is 0. The summed E-state index contributed by atoms with van der Waals surface area (Å²) >= 11 is 0. The molecule has 0 spiro atoms. The first-order chi connectivity index (χ1) is 8.61. The van der Waals surface area contributed by atoms with Gasteiger partial charge < -0.3 is 29.9 Å². The molecule has 5 atom stereocenters. The van der Waals surface area contributed by atoms with Crippen LogP contribution >= 0.6 is 0 Å². The van der Waals surface area contributed by atoms with Crippen molar-refractivity contribution in [3.05, 3.63) is 0 Å². The van der Waals surface area contributed by atoms with Crippen LogP contribution in [0.15, 0.2) is 0 Å². The Kier molecular flexibility index (Phi) is 7.06. The molecule has 6 nitrogen and oxygen atoms in total. The minimum Gasteiger partial charge on any atom is -0.394 e. The van der Waals surface area contributed by atoms with Crippen LogP contribution in [0, 0.1) is 0 Å². The summed E-state index contributed by atoms with van der Waals surface area (Å²) in [5.74, 6) is 0. The standard InChI is InChI=1S/C12H24O6/c1-2-3-4-5-6-17-12-11(16)10(15)9(14)8(7-13)18-12/h8-16H,2-7H2,1H3/t8-,9-,10+,11-,12+/m1/s1. The Hall–Kier alpha value is -0.240. The van der Waals surface area contributed by atoms with Gasteiger partial charge in [-0.3, -0.25) is 0 Å². The molecule has 1 aliphatic rings. The third-order valence-corrected chi connectivity index (χ3v) is 3.13. The average molecular weight is 264 g/mol. The van der Waals surface area contributed by atoms with Gasteiger partial charge in [-0.15, -0.1) is 0 Å². The van der Waals surface area contributed by atoms with Crippen molar-refractivity contribution in [3.63, 3.8) is 0 Å². The van der Waals surface area contributed by atoms with E-state index < -0.39 is 37.3 Å². The van der Waals surface area contributed by atoms with Gasteiger partial charge in [-0.2, -0.15) is 0 Å². The zero-order chi connectivity index (χ0) is 13.5. The van der Waals surface area contributed by atoms with E-state index in [2.05, 4.69) is 6.92 Å². The van der Waals surface area contributed by atoms with Gasteiger partial charge in [-0.1, -0.05) is 26.2 Å². The molecule has 0 bridgehead atoms. The third-order valence-electron chi connectivity index (χ3n) is 3.13. The molecule has 1 fully saturated rings. The van der Waals surface area contributed by atoms with E-state index in [1.165, 1.54) is 0 Å². The van der Waals surface area contributed by atoms with Crippen LogP contribution in [0.2, 0.25) is 0 Å². The van der Waals surface area contributed by atoms with E-state index in [0.29, 0.717) is 6.61 Å². The smallest absolute Gasteiger partial charge is 0.186 e. The van der Waals surface area contributed by atoms with Crippen molar-refractivity contribution in [3.8, 4) is 0 Å². The fraction of sp³-hybridized carbons (Fsp3) is 1.00. The van der Waals surface area contributed by atoms with E-state index in [-0.39, 0.29) is 0 Å². The van der Waals surface area contributed by atoms with Crippen LogP contribution in [0.5, 0.6) is 0 Å². The van der Waals surface area contributed by atoms with E-state index >= 15 is 0 Å². The van der Waals surface area contributed by atoms with Crippen LogP contribution in [0.25, 0.3) is 0 Å². The summed E-state index contributed by atoms with van der Waals surface area (Å²) in [5, 5.41) is 37.8. The van der Waals surface area contributed by atoms with Crippen molar-refractivity contribution in [2.24, 2.45) is 0 Å². The van der Waals surface area contributed by atoms with Crippen LogP contribution in [0.3, 0.4) is 0 Å². The van der Waals surface area contributed by atoms with Gasteiger partial charge in [0.2, 0.25) is 0 Å². The summed E-state index contributed by atoms with van der Waals surface area (Å²) in [4.78, 5) is 0. The van der Waals surface area contributed by atoms with E-state index in [1.807, 2.05) is 0 Å². The minimum absolute atomic E-state index is 0.419. The number of ether oxygens (including phenoxy) is 2. The topological polar surface area (TPSA) is 99.4 Å². The van der Waals surface area contributed by atoms with Gasteiger partial charge in [-0.05, 0) is 6.42 Å². The molecule has 0 aliphatic carbocycles. The molecule has 0 amide bonds. The zero-order valence-electron chi connectivity index (χ0n) is 10.7. The van der Waals surface area contributed by atoms with Crippen LogP contribution in [0.1, 0.15) is 32.6 Å². The predicted molar refractivity (Wildman–Crippen MR) is 63.9 cm³/mol. The number of aliphatic hydroxyl groups excluding tert-OH is 4. The minimum atomic E-state index is -1.36. The highest BCUT2D eigenvalue weighted by atomic mass is 16.7. The lowest BCUT2D eigenvalue weighted by atomic mass is 9.99. The van der Waals surface area contributed by atoms with Gasteiger partial charge in [0.1, 0.15) is 24.4 Å². The molecular formula is C12H24O6. The van der Waals surface area contributed by atoms with Crippen molar-refractivity contribution >= 4 is 0 Å². The molecule has 1 heterocycles. The number of unbranched alkanes of at least 4 members (excludes halogenated alkanes) is 3. The molecule has 18 heavy (non-hydrogen) atoms. The molecule has 0 radical (unpaired) electrons. The fourth-order valence-electron chi connectivity index (χ4n) is 1.93. The molecule has 0 aromatic carbocycles. The van der Waals surface area contributed by atoms with Crippen molar-refractivity contribution in [1.82, 2.24) is 0 Å². The zero-order valence-corrected chi connectivity index (χ0v) is 10.7. The first-order valence-electron chi connectivity index (χ1n) is 6.54. The summed E-state index contributed by atoms with van der Waals surface area (Å²) in [5.41, 5.74) is 0. The lowest BCUT2D eigenvalue weighted by Gasteiger charge is -2.39. The maximum atomic E-state index is 9.68. The summed E-state index contributed by atoms with van der Waals surface area (Å²) in [6.45, 7) is 2.10. The molecule has 1 rings (SSSR count). The van der Waals surface area contributed by atoms with E-state index in [1.54, 1.807) is 0 Å². The molecule has 0 saturated carbocycles. The molecule has 0 aromatic heterocycles. The number of hydrogen-bond donors (Lipinski definition) is 4. The first kappa shape index (κ1) is 15.8. The summed E-state index contributed by atoms with van der Waals surface area (Å²) in [6, 6.07) is 0. The number of rotatable bonds is 7. The molecule has 1 aliphatic heterocycles. The predicted octanol–water partition coefficient (Wildman–Crippen LogP) is -0.617. The summed E-state index contributed by atoms with van der Waals surface area (Å²) < 4.78 is 10.5. The van der Waals surface area contributed by atoms with Crippen molar-refractivity contribution in [1.29, 1.82) is 0 Å². The molecular weight excluding hydrogens is 240 g/mol. The Labute approximate surface area is 107 Å². The molecule has 0 aromatic rings. The number of hydrogen-bond acceptors (Lipinski definition) is 6. The maximum Gasteiger partial charge on any atom is 0.186 e. The van der Waals surface area contributed by atoms with Gasteiger partial charge in [0, 0.05) is 6.61 Å². The lowest BCUT2D eigenvalue weighted by Crippen LogP contribution is -2.59. The highest BCUT2D eigenvalue weighted by Crippen LogP contribution is 2.22. The SMILES string of the molecule is CCCCCCO[C@H]1O[C@H](CO)[C@@H](O)[C@H](O)[C@H]1O. The van der Waals surface area contributed by atoms with Gasteiger partial charge in [0.15, 0.2) is 6.29 Å². The Morgan fingerprint density at radius 1 is 1.00 bits per heavy atom. The Morgan fingerprint density at radius 2 is 1.72 bits per heavy atom. The van der Waals surface area contributed by atoms with Crippen LogP contribution in [-0.4, -0.2) is 64.3 Å². The first-order valence-corrected chi connectivity index (χ1v) is 6.54. The Balaban J connectivity index is 2.35. The van der Waals surface area contributed by atoms with E-state index in [0.717, 1.165) is 25.7 Å².